The molecule has 1 heterocycles. The lowest BCUT2D eigenvalue weighted by atomic mass is 10.1. The van der Waals surface area contributed by atoms with Gasteiger partial charge >= 0.3 is 6.18 Å². The maximum Gasteiger partial charge on any atom is 0.416 e. The van der Waals surface area contributed by atoms with Crippen LogP contribution in [0.1, 0.15) is 24.0 Å². The first-order valence-electron chi connectivity index (χ1n) is 6.48. The summed E-state index contributed by atoms with van der Waals surface area (Å²) in [5.41, 5.74) is -0.560. The van der Waals surface area contributed by atoms with Crippen LogP contribution in [0, 0.1) is 11.3 Å². The standard InChI is InChI=1S/C14H14F3N3O/c1-19-13(21)12-3-2-6-20(12)11-5-4-10(14(15,16)17)7-9(11)8-18/h4-5,7,12H,2-3,6H2,1H3,(H,19,21). The van der Waals surface area contributed by atoms with Crippen molar-refractivity contribution in [2.75, 3.05) is 18.5 Å². The lowest BCUT2D eigenvalue weighted by Crippen LogP contribution is -2.42. The van der Waals surface area contributed by atoms with Crippen LogP contribution in [-0.4, -0.2) is 25.5 Å². The van der Waals surface area contributed by atoms with E-state index in [1.165, 1.54) is 13.1 Å². The molecule has 0 saturated carbocycles. The average molecular weight is 297 g/mol. The number of likely N-dealkylation sites (N-methyl/N-ethyl adjacent to an activating group) is 1. The van der Waals surface area contributed by atoms with Crippen molar-refractivity contribution in [3.05, 3.63) is 29.3 Å². The van der Waals surface area contributed by atoms with Gasteiger partial charge in [-0.15, -0.1) is 0 Å². The van der Waals surface area contributed by atoms with E-state index in [0.29, 0.717) is 18.7 Å². The molecule has 1 aromatic carbocycles. The molecule has 0 spiro atoms. The van der Waals surface area contributed by atoms with Crippen LogP contribution in [0.2, 0.25) is 0 Å². The minimum Gasteiger partial charge on any atom is -0.358 e. The highest BCUT2D eigenvalue weighted by Crippen LogP contribution is 2.34. The third-order valence-corrected chi connectivity index (χ3v) is 3.56. The van der Waals surface area contributed by atoms with Crippen molar-refractivity contribution in [3.8, 4) is 6.07 Å². The third-order valence-electron chi connectivity index (χ3n) is 3.56. The Morgan fingerprint density at radius 2 is 2.19 bits per heavy atom. The molecule has 1 N–H and O–H groups in total. The molecule has 1 aliphatic rings. The summed E-state index contributed by atoms with van der Waals surface area (Å²) in [6, 6.07) is 4.38. The van der Waals surface area contributed by atoms with Crippen LogP contribution < -0.4 is 10.2 Å². The van der Waals surface area contributed by atoms with E-state index < -0.39 is 17.8 Å². The van der Waals surface area contributed by atoms with Gasteiger partial charge in [-0.25, -0.2) is 0 Å². The number of nitrogens with zero attached hydrogens (tertiary/aromatic N) is 2. The number of amides is 1. The molecule has 1 saturated heterocycles. The Labute approximate surface area is 120 Å². The fourth-order valence-corrected chi connectivity index (χ4v) is 2.55. The first-order valence-corrected chi connectivity index (χ1v) is 6.48. The van der Waals surface area contributed by atoms with Gasteiger partial charge in [0.2, 0.25) is 5.91 Å². The summed E-state index contributed by atoms with van der Waals surface area (Å²) in [5, 5.41) is 11.6. The molecule has 0 aliphatic carbocycles. The van der Waals surface area contributed by atoms with Crippen LogP contribution in [0.5, 0.6) is 0 Å². The first kappa shape index (κ1) is 15.2. The Hall–Kier alpha value is -2.23. The van der Waals surface area contributed by atoms with Crippen molar-refractivity contribution in [2.45, 2.75) is 25.1 Å². The second kappa shape index (κ2) is 5.64. The van der Waals surface area contributed by atoms with Gasteiger partial charge < -0.3 is 10.2 Å². The monoisotopic (exact) mass is 297 g/mol. The van der Waals surface area contributed by atoms with E-state index in [9.17, 15) is 18.0 Å². The zero-order valence-electron chi connectivity index (χ0n) is 11.4. The van der Waals surface area contributed by atoms with Crippen molar-refractivity contribution in [1.29, 1.82) is 5.26 Å². The molecule has 0 radical (unpaired) electrons. The van der Waals surface area contributed by atoms with Gasteiger partial charge in [0.1, 0.15) is 12.1 Å². The maximum absolute atomic E-state index is 12.7. The second-order valence-corrected chi connectivity index (χ2v) is 4.81. The van der Waals surface area contributed by atoms with Crippen molar-refractivity contribution in [2.24, 2.45) is 0 Å². The van der Waals surface area contributed by atoms with E-state index in [1.807, 2.05) is 0 Å². The molecule has 0 bridgehead atoms. The number of benzene rings is 1. The molecule has 1 atom stereocenters. The van der Waals surface area contributed by atoms with Crippen molar-refractivity contribution < 1.29 is 18.0 Å². The Morgan fingerprint density at radius 1 is 1.48 bits per heavy atom. The highest BCUT2D eigenvalue weighted by Gasteiger charge is 2.34. The Morgan fingerprint density at radius 3 is 2.76 bits per heavy atom. The number of carbonyl (C=O) groups is 1. The molecule has 1 aliphatic heterocycles. The number of anilines is 1. The molecular formula is C14H14F3N3O. The van der Waals surface area contributed by atoms with Gasteiger partial charge in [0.25, 0.3) is 0 Å². The Bertz CT molecular complexity index is 592. The fraction of sp³-hybridized carbons (Fsp3) is 0.429. The number of rotatable bonds is 2. The van der Waals surface area contributed by atoms with Gasteiger partial charge in [-0.05, 0) is 31.0 Å². The predicted octanol–water partition coefficient (Wildman–Crippen LogP) is 2.29. The Kier molecular flexibility index (Phi) is 4.07. The van der Waals surface area contributed by atoms with E-state index in [-0.39, 0.29) is 11.5 Å². The molecule has 0 aromatic heterocycles. The number of alkyl halides is 3. The van der Waals surface area contributed by atoms with Gasteiger partial charge in [0.05, 0.1) is 16.8 Å². The molecule has 1 unspecified atom stereocenters. The molecule has 1 amide bonds. The highest BCUT2D eigenvalue weighted by molar-refractivity contribution is 5.86. The first-order chi connectivity index (χ1) is 9.88. The summed E-state index contributed by atoms with van der Waals surface area (Å²) >= 11 is 0. The minimum absolute atomic E-state index is 0.0689. The van der Waals surface area contributed by atoms with Gasteiger partial charge in [0.15, 0.2) is 0 Å². The molecule has 4 nitrogen and oxygen atoms in total. The molecule has 2 rings (SSSR count). The van der Waals surface area contributed by atoms with E-state index in [0.717, 1.165) is 18.6 Å². The highest BCUT2D eigenvalue weighted by atomic mass is 19.4. The van der Waals surface area contributed by atoms with E-state index in [1.54, 1.807) is 11.0 Å². The lowest BCUT2D eigenvalue weighted by molar-refractivity contribution is -0.137. The normalized spacial score (nSPS) is 18.4. The van der Waals surface area contributed by atoms with Crippen molar-refractivity contribution in [3.63, 3.8) is 0 Å². The molecular weight excluding hydrogens is 283 g/mol. The largest absolute Gasteiger partial charge is 0.416 e. The minimum atomic E-state index is -4.49. The summed E-state index contributed by atoms with van der Waals surface area (Å²) in [6.07, 6.45) is -3.12. The summed E-state index contributed by atoms with van der Waals surface area (Å²) < 4.78 is 38.1. The number of hydrogen-bond donors (Lipinski definition) is 1. The lowest BCUT2D eigenvalue weighted by Gasteiger charge is -2.26. The van der Waals surface area contributed by atoms with Gasteiger partial charge in [-0.3, -0.25) is 4.79 Å². The smallest absolute Gasteiger partial charge is 0.358 e. The number of carbonyl (C=O) groups excluding carboxylic acids is 1. The number of nitrogens with one attached hydrogen (secondary N) is 1. The average Bonchev–Trinajstić information content (AvgIpc) is 2.93. The van der Waals surface area contributed by atoms with Crippen molar-refractivity contribution in [1.82, 2.24) is 5.32 Å². The molecule has 7 heteroatoms. The molecule has 112 valence electrons. The predicted molar refractivity (Wildman–Crippen MR) is 70.6 cm³/mol. The number of nitriles is 1. The maximum atomic E-state index is 12.7. The van der Waals surface area contributed by atoms with E-state index >= 15 is 0 Å². The Balaban J connectivity index is 2.40. The van der Waals surface area contributed by atoms with Gasteiger partial charge in [0, 0.05) is 13.6 Å². The second-order valence-electron chi connectivity index (χ2n) is 4.81. The van der Waals surface area contributed by atoms with E-state index in [2.05, 4.69) is 5.32 Å². The zero-order chi connectivity index (χ0) is 15.6. The zero-order valence-corrected chi connectivity index (χ0v) is 11.4. The molecule has 1 aromatic rings. The van der Waals surface area contributed by atoms with Crippen LogP contribution >= 0.6 is 0 Å². The molecule has 21 heavy (non-hydrogen) atoms. The van der Waals surface area contributed by atoms with Crippen LogP contribution in [0.15, 0.2) is 18.2 Å². The molecule has 1 fully saturated rings. The van der Waals surface area contributed by atoms with Crippen LogP contribution in [0.3, 0.4) is 0 Å². The third kappa shape index (κ3) is 2.94. The van der Waals surface area contributed by atoms with Crippen LogP contribution in [-0.2, 0) is 11.0 Å². The number of hydrogen-bond acceptors (Lipinski definition) is 3. The van der Waals surface area contributed by atoms with Crippen LogP contribution in [0.4, 0.5) is 18.9 Å². The van der Waals surface area contributed by atoms with Gasteiger partial charge in [-0.2, -0.15) is 18.4 Å². The topological polar surface area (TPSA) is 56.1 Å². The summed E-state index contributed by atoms with van der Waals surface area (Å²) in [7, 11) is 1.51. The summed E-state index contributed by atoms with van der Waals surface area (Å²) in [6.45, 7) is 0.540. The van der Waals surface area contributed by atoms with Crippen molar-refractivity contribution >= 4 is 11.6 Å². The quantitative estimate of drug-likeness (QED) is 0.911. The fourth-order valence-electron chi connectivity index (χ4n) is 2.55. The van der Waals surface area contributed by atoms with E-state index in [4.69, 9.17) is 5.26 Å². The summed E-state index contributed by atoms with van der Waals surface area (Å²) in [5.74, 6) is -0.198. The summed E-state index contributed by atoms with van der Waals surface area (Å²) in [4.78, 5) is 13.5. The van der Waals surface area contributed by atoms with Gasteiger partial charge in [-0.1, -0.05) is 0 Å². The number of halogens is 3. The SMILES string of the molecule is CNC(=O)C1CCCN1c1ccc(C(F)(F)F)cc1C#N. The van der Waals surface area contributed by atoms with Crippen LogP contribution in [0.25, 0.3) is 0 Å².